The van der Waals surface area contributed by atoms with E-state index in [1.807, 2.05) is 0 Å². The number of benzene rings is 2. The predicted molar refractivity (Wildman–Crippen MR) is 84.6 cm³/mol. The van der Waals surface area contributed by atoms with Gasteiger partial charge in [0.15, 0.2) is 0 Å². The maximum absolute atomic E-state index is 12.1. The molecule has 0 unspecified atom stereocenters. The van der Waals surface area contributed by atoms with Gasteiger partial charge in [-0.25, -0.2) is 13.6 Å². The van der Waals surface area contributed by atoms with Crippen molar-refractivity contribution < 1.29 is 13.2 Å². The maximum atomic E-state index is 12.1. The number of carbonyl (C=O) groups excluding carboxylic acids is 1. The van der Waals surface area contributed by atoms with Crippen LogP contribution in [0.2, 0.25) is 0 Å². The summed E-state index contributed by atoms with van der Waals surface area (Å²) in [5.41, 5.74) is 8.34. The first-order chi connectivity index (χ1) is 10.3. The molecule has 0 saturated heterocycles. The van der Waals surface area contributed by atoms with Crippen LogP contribution in [0, 0.1) is 6.92 Å². The normalized spacial score (nSPS) is 11.2. The largest absolute Gasteiger partial charge is 0.398 e. The Labute approximate surface area is 129 Å². The Morgan fingerprint density at radius 3 is 2.36 bits per heavy atom. The molecule has 7 heteroatoms. The van der Waals surface area contributed by atoms with E-state index in [4.69, 9.17) is 10.9 Å². The van der Waals surface area contributed by atoms with Crippen molar-refractivity contribution in [2.24, 2.45) is 5.14 Å². The molecule has 0 bridgehead atoms. The van der Waals surface area contributed by atoms with Gasteiger partial charge in [0.2, 0.25) is 10.0 Å². The van der Waals surface area contributed by atoms with E-state index in [1.165, 1.54) is 12.1 Å². The molecule has 116 valence electrons. The lowest BCUT2D eigenvalue weighted by atomic mass is 10.1. The molecular weight excluding hydrogens is 302 g/mol. The molecule has 0 spiro atoms. The first kappa shape index (κ1) is 16.0. The van der Waals surface area contributed by atoms with Crippen molar-refractivity contribution in [2.75, 3.05) is 5.73 Å². The number of nitrogen functional groups attached to an aromatic ring is 1. The lowest BCUT2D eigenvalue weighted by Crippen LogP contribution is -2.24. The average Bonchev–Trinajstić information content (AvgIpc) is 2.47. The van der Waals surface area contributed by atoms with Gasteiger partial charge in [-0.05, 0) is 42.3 Å². The summed E-state index contributed by atoms with van der Waals surface area (Å²) >= 11 is 0. The molecule has 0 heterocycles. The van der Waals surface area contributed by atoms with Crippen LogP contribution in [0.1, 0.15) is 21.5 Å². The number of hydrogen-bond donors (Lipinski definition) is 3. The number of nitrogens with one attached hydrogen (secondary N) is 1. The van der Waals surface area contributed by atoms with E-state index >= 15 is 0 Å². The van der Waals surface area contributed by atoms with E-state index < -0.39 is 10.0 Å². The molecule has 0 radical (unpaired) electrons. The third-order valence-corrected chi connectivity index (χ3v) is 4.25. The van der Waals surface area contributed by atoms with Gasteiger partial charge in [-0.1, -0.05) is 18.2 Å². The number of amides is 1. The van der Waals surface area contributed by atoms with Crippen molar-refractivity contribution in [1.29, 1.82) is 0 Å². The molecule has 0 saturated carbocycles. The van der Waals surface area contributed by atoms with Gasteiger partial charge in [0.25, 0.3) is 5.91 Å². The highest BCUT2D eigenvalue weighted by Gasteiger charge is 2.11. The summed E-state index contributed by atoms with van der Waals surface area (Å²) in [5.74, 6) is -0.236. The number of carbonyl (C=O) groups is 1. The standard InChI is InChI=1S/C15H17N3O3S/c1-10-13(3-2-4-14(10)16)15(19)18-9-11-5-7-12(8-6-11)22(17,20)21/h2-8H,9,16H2,1H3,(H,18,19)(H2,17,20,21). The summed E-state index contributed by atoms with van der Waals surface area (Å²) in [7, 11) is -3.71. The zero-order valence-corrected chi connectivity index (χ0v) is 12.9. The third-order valence-electron chi connectivity index (χ3n) is 3.33. The Kier molecular flexibility index (Phi) is 4.48. The molecule has 5 N–H and O–H groups in total. The maximum Gasteiger partial charge on any atom is 0.251 e. The smallest absolute Gasteiger partial charge is 0.251 e. The topological polar surface area (TPSA) is 115 Å². The van der Waals surface area contributed by atoms with Crippen molar-refractivity contribution >= 4 is 21.6 Å². The van der Waals surface area contributed by atoms with Gasteiger partial charge in [0.05, 0.1) is 4.90 Å². The Morgan fingerprint density at radius 2 is 1.77 bits per heavy atom. The zero-order valence-electron chi connectivity index (χ0n) is 12.0. The van der Waals surface area contributed by atoms with Gasteiger partial charge >= 0.3 is 0 Å². The Bertz CT molecular complexity index is 799. The molecule has 2 aromatic carbocycles. The first-order valence-corrected chi connectivity index (χ1v) is 8.08. The van der Waals surface area contributed by atoms with Crippen LogP contribution in [-0.4, -0.2) is 14.3 Å². The molecule has 0 atom stereocenters. The van der Waals surface area contributed by atoms with Crippen LogP contribution >= 0.6 is 0 Å². The number of nitrogens with two attached hydrogens (primary N) is 2. The Morgan fingerprint density at radius 1 is 1.14 bits per heavy atom. The van der Waals surface area contributed by atoms with E-state index in [0.29, 0.717) is 11.3 Å². The van der Waals surface area contributed by atoms with E-state index in [1.54, 1.807) is 37.3 Å². The molecule has 0 aliphatic carbocycles. The molecule has 1 amide bonds. The van der Waals surface area contributed by atoms with Crippen LogP contribution in [0.5, 0.6) is 0 Å². The van der Waals surface area contributed by atoms with Gasteiger partial charge < -0.3 is 11.1 Å². The number of primary sulfonamides is 1. The van der Waals surface area contributed by atoms with Crippen LogP contribution < -0.4 is 16.2 Å². The van der Waals surface area contributed by atoms with Gasteiger partial charge in [-0.3, -0.25) is 4.79 Å². The number of anilines is 1. The fourth-order valence-electron chi connectivity index (χ4n) is 1.97. The highest BCUT2D eigenvalue weighted by atomic mass is 32.2. The fourth-order valence-corrected chi connectivity index (χ4v) is 2.49. The fraction of sp³-hybridized carbons (Fsp3) is 0.133. The third kappa shape index (κ3) is 3.63. The molecule has 2 rings (SSSR count). The monoisotopic (exact) mass is 319 g/mol. The average molecular weight is 319 g/mol. The minimum atomic E-state index is -3.71. The van der Waals surface area contributed by atoms with Gasteiger partial charge in [0, 0.05) is 17.8 Å². The summed E-state index contributed by atoms with van der Waals surface area (Å²) in [6, 6.07) is 11.2. The summed E-state index contributed by atoms with van der Waals surface area (Å²) in [6.45, 7) is 2.06. The SMILES string of the molecule is Cc1c(N)cccc1C(=O)NCc1ccc(S(N)(=O)=O)cc1. The highest BCUT2D eigenvalue weighted by molar-refractivity contribution is 7.89. The minimum Gasteiger partial charge on any atom is -0.398 e. The van der Waals surface area contributed by atoms with Gasteiger partial charge in [-0.2, -0.15) is 0 Å². The van der Waals surface area contributed by atoms with Crippen molar-refractivity contribution in [2.45, 2.75) is 18.4 Å². The number of rotatable bonds is 4. The predicted octanol–water partition coefficient (Wildman–Crippen LogP) is 1.15. The first-order valence-electron chi connectivity index (χ1n) is 6.54. The Hall–Kier alpha value is -2.38. The summed E-state index contributed by atoms with van der Waals surface area (Å²) in [6.07, 6.45) is 0. The van der Waals surface area contributed by atoms with Crippen LogP contribution in [-0.2, 0) is 16.6 Å². The molecular formula is C15H17N3O3S. The van der Waals surface area contributed by atoms with Gasteiger partial charge in [0.1, 0.15) is 0 Å². The van der Waals surface area contributed by atoms with Crippen molar-refractivity contribution in [1.82, 2.24) is 5.32 Å². The summed E-state index contributed by atoms with van der Waals surface area (Å²) in [5, 5.41) is 7.79. The Balaban J connectivity index is 2.07. The lowest BCUT2D eigenvalue weighted by molar-refractivity contribution is 0.0950. The molecule has 6 nitrogen and oxygen atoms in total. The number of sulfonamides is 1. The van der Waals surface area contributed by atoms with Crippen LogP contribution in [0.4, 0.5) is 5.69 Å². The van der Waals surface area contributed by atoms with Crippen molar-refractivity contribution in [3.63, 3.8) is 0 Å². The second-order valence-electron chi connectivity index (χ2n) is 4.89. The zero-order chi connectivity index (χ0) is 16.3. The lowest BCUT2D eigenvalue weighted by Gasteiger charge is -2.09. The van der Waals surface area contributed by atoms with Crippen molar-refractivity contribution in [3.8, 4) is 0 Å². The molecule has 0 fully saturated rings. The molecule has 0 aromatic heterocycles. The van der Waals surface area contributed by atoms with E-state index in [2.05, 4.69) is 5.32 Å². The molecule has 0 aliphatic heterocycles. The quantitative estimate of drug-likeness (QED) is 0.733. The summed E-state index contributed by atoms with van der Waals surface area (Å²) in [4.78, 5) is 12.2. The minimum absolute atomic E-state index is 0.0363. The van der Waals surface area contributed by atoms with Crippen LogP contribution in [0.3, 0.4) is 0 Å². The van der Waals surface area contributed by atoms with Crippen LogP contribution in [0.25, 0.3) is 0 Å². The molecule has 2 aromatic rings. The summed E-state index contributed by atoms with van der Waals surface area (Å²) < 4.78 is 22.3. The second kappa shape index (κ2) is 6.17. The van der Waals surface area contributed by atoms with E-state index in [0.717, 1.165) is 11.1 Å². The van der Waals surface area contributed by atoms with E-state index in [9.17, 15) is 13.2 Å². The van der Waals surface area contributed by atoms with Crippen LogP contribution in [0.15, 0.2) is 47.4 Å². The number of hydrogen-bond acceptors (Lipinski definition) is 4. The molecule has 0 aliphatic rings. The molecule has 22 heavy (non-hydrogen) atoms. The second-order valence-corrected chi connectivity index (χ2v) is 6.45. The highest BCUT2D eigenvalue weighted by Crippen LogP contribution is 2.15. The van der Waals surface area contributed by atoms with Gasteiger partial charge in [-0.15, -0.1) is 0 Å². The van der Waals surface area contributed by atoms with Crippen molar-refractivity contribution in [3.05, 3.63) is 59.2 Å². The van der Waals surface area contributed by atoms with E-state index in [-0.39, 0.29) is 17.3 Å².